The minimum Gasteiger partial charge on any atom is -0.328 e. The van der Waals surface area contributed by atoms with Gasteiger partial charge in [0.15, 0.2) is 0 Å². The third-order valence-electron chi connectivity index (χ3n) is 2.49. The van der Waals surface area contributed by atoms with Crippen molar-refractivity contribution in [2.45, 2.75) is 44.7 Å². The molecule has 0 spiro atoms. The van der Waals surface area contributed by atoms with Gasteiger partial charge < -0.3 is 11.5 Å². The molecule has 0 saturated carbocycles. The second-order valence-electron chi connectivity index (χ2n) is 4.40. The fraction of sp³-hybridized carbons (Fsp3) is 0.583. The molecule has 0 aliphatic rings. The van der Waals surface area contributed by atoms with E-state index < -0.39 is 0 Å². The molecular weight excluding hydrogens is 186 g/mol. The number of rotatable bonds is 5. The van der Waals surface area contributed by atoms with Gasteiger partial charge in [-0.15, -0.1) is 0 Å². The summed E-state index contributed by atoms with van der Waals surface area (Å²) in [6.45, 7) is 4.07. The molecule has 3 nitrogen and oxygen atoms in total. The molecular formula is C12H21N3. The summed E-state index contributed by atoms with van der Waals surface area (Å²) in [5.41, 5.74) is 13.0. The quantitative estimate of drug-likeness (QED) is 0.771. The Morgan fingerprint density at radius 3 is 1.93 bits per heavy atom. The van der Waals surface area contributed by atoms with Gasteiger partial charge in [0, 0.05) is 24.5 Å². The Kier molecular flexibility index (Phi) is 4.72. The van der Waals surface area contributed by atoms with E-state index in [1.165, 1.54) is 5.56 Å². The van der Waals surface area contributed by atoms with Crippen LogP contribution in [0.1, 0.15) is 38.2 Å². The van der Waals surface area contributed by atoms with Crippen LogP contribution in [0.4, 0.5) is 0 Å². The molecule has 15 heavy (non-hydrogen) atoms. The lowest BCUT2D eigenvalue weighted by Gasteiger charge is -2.21. The van der Waals surface area contributed by atoms with Gasteiger partial charge in [-0.1, -0.05) is 0 Å². The summed E-state index contributed by atoms with van der Waals surface area (Å²) in [6.07, 6.45) is 5.60. The van der Waals surface area contributed by atoms with E-state index in [1.54, 1.807) is 0 Å². The molecule has 84 valence electrons. The fourth-order valence-corrected chi connectivity index (χ4v) is 1.90. The largest absolute Gasteiger partial charge is 0.328 e. The summed E-state index contributed by atoms with van der Waals surface area (Å²) in [4.78, 5) is 4.02. The third-order valence-corrected chi connectivity index (χ3v) is 2.49. The van der Waals surface area contributed by atoms with E-state index >= 15 is 0 Å². The fourth-order valence-electron chi connectivity index (χ4n) is 1.90. The SMILES string of the molecule is CC(N)CC(CC(C)N)c1ccncc1. The normalized spacial score (nSPS) is 17.1. The van der Waals surface area contributed by atoms with Crippen LogP contribution in [0.15, 0.2) is 24.5 Å². The molecule has 0 aliphatic carbocycles. The van der Waals surface area contributed by atoms with Gasteiger partial charge >= 0.3 is 0 Å². The molecule has 0 fully saturated rings. The molecule has 0 bridgehead atoms. The number of nitrogens with two attached hydrogens (primary N) is 2. The number of pyridine rings is 1. The monoisotopic (exact) mass is 207 g/mol. The van der Waals surface area contributed by atoms with E-state index in [2.05, 4.69) is 17.1 Å². The highest BCUT2D eigenvalue weighted by molar-refractivity contribution is 5.16. The van der Waals surface area contributed by atoms with Crippen molar-refractivity contribution in [1.29, 1.82) is 0 Å². The predicted octanol–water partition coefficient (Wildman–Crippen LogP) is 1.64. The summed E-state index contributed by atoms with van der Waals surface area (Å²) < 4.78 is 0. The van der Waals surface area contributed by atoms with Crippen molar-refractivity contribution in [3.63, 3.8) is 0 Å². The van der Waals surface area contributed by atoms with Crippen LogP contribution < -0.4 is 11.5 Å². The Hall–Kier alpha value is -0.930. The first kappa shape index (κ1) is 12.1. The van der Waals surface area contributed by atoms with Gasteiger partial charge in [0.2, 0.25) is 0 Å². The van der Waals surface area contributed by atoms with Crippen LogP contribution >= 0.6 is 0 Å². The van der Waals surface area contributed by atoms with Crippen LogP contribution in [0.3, 0.4) is 0 Å². The molecule has 2 atom stereocenters. The zero-order valence-corrected chi connectivity index (χ0v) is 9.56. The van der Waals surface area contributed by atoms with E-state index in [0.717, 1.165) is 12.8 Å². The Morgan fingerprint density at radius 2 is 1.53 bits per heavy atom. The van der Waals surface area contributed by atoms with Crippen molar-refractivity contribution in [2.24, 2.45) is 11.5 Å². The third kappa shape index (κ3) is 4.40. The zero-order chi connectivity index (χ0) is 11.3. The first-order valence-corrected chi connectivity index (χ1v) is 5.50. The highest BCUT2D eigenvalue weighted by Crippen LogP contribution is 2.24. The molecule has 2 unspecified atom stereocenters. The van der Waals surface area contributed by atoms with Crippen LogP contribution in [-0.4, -0.2) is 17.1 Å². The summed E-state index contributed by atoms with van der Waals surface area (Å²) in [5.74, 6) is 0.452. The van der Waals surface area contributed by atoms with Crippen molar-refractivity contribution in [3.05, 3.63) is 30.1 Å². The Bertz CT molecular complexity index is 259. The van der Waals surface area contributed by atoms with Gasteiger partial charge in [-0.05, 0) is 50.3 Å². The van der Waals surface area contributed by atoms with Crippen molar-refractivity contribution < 1.29 is 0 Å². The van der Waals surface area contributed by atoms with E-state index in [4.69, 9.17) is 11.5 Å². The van der Waals surface area contributed by atoms with E-state index in [-0.39, 0.29) is 12.1 Å². The lowest BCUT2D eigenvalue weighted by molar-refractivity contribution is 0.486. The first-order valence-electron chi connectivity index (χ1n) is 5.50. The highest BCUT2D eigenvalue weighted by atomic mass is 14.6. The molecule has 0 saturated heterocycles. The van der Waals surface area contributed by atoms with E-state index in [0.29, 0.717) is 5.92 Å². The van der Waals surface area contributed by atoms with Crippen molar-refractivity contribution in [1.82, 2.24) is 4.98 Å². The second-order valence-corrected chi connectivity index (χ2v) is 4.40. The van der Waals surface area contributed by atoms with E-state index in [1.807, 2.05) is 26.2 Å². The lowest BCUT2D eigenvalue weighted by atomic mass is 9.88. The summed E-state index contributed by atoms with van der Waals surface area (Å²) in [6, 6.07) is 4.52. The standard InChI is InChI=1S/C12H21N3/c1-9(13)7-12(8-10(2)14)11-3-5-15-6-4-11/h3-6,9-10,12H,7-8,13-14H2,1-2H3. The molecule has 0 radical (unpaired) electrons. The highest BCUT2D eigenvalue weighted by Gasteiger charge is 2.15. The lowest BCUT2D eigenvalue weighted by Crippen LogP contribution is -2.24. The number of hydrogen-bond donors (Lipinski definition) is 2. The Morgan fingerprint density at radius 1 is 1.07 bits per heavy atom. The summed E-state index contributed by atoms with van der Waals surface area (Å²) in [7, 11) is 0. The minimum atomic E-state index is 0.210. The smallest absolute Gasteiger partial charge is 0.0270 e. The van der Waals surface area contributed by atoms with E-state index in [9.17, 15) is 0 Å². The predicted molar refractivity (Wildman–Crippen MR) is 63.5 cm³/mol. The van der Waals surface area contributed by atoms with Crippen LogP contribution in [-0.2, 0) is 0 Å². The molecule has 3 heteroatoms. The van der Waals surface area contributed by atoms with Gasteiger partial charge in [0.1, 0.15) is 0 Å². The molecule has 0 amide bonds. The van der Waals surface area contributed by atoms with Crippen LogP contribution in [0.5, 0.6) is 0 Å². The van der Waals surface area contributed by atoms with Crippen LogP contribution in [0, 0.1) is 0 Å². The first-order chi connectivity index (χ1) is 7.09. The topological polar surface area (TPSA) is 64.9 Å². The molecule has 0 aromatic carbocycles. The number of hydrogen-bond acceptors (Lipinski definition) is 3. The summed E-state index contributed by atoms with van der Waals surface area (Å²) >= 11 is 0. The molecule has 1 aromatic rings. The van der Waals surface area contributed by atoms with Crippen molar-refractivity contribution in [3.8, 4) is 0 Å². The maximum atomic E-state index is 5.85. The maximum Gasteiger partial charge on any atom is 0.0270 e. The summed E-state index contributed by atoms with van der Waals surface area (Å²) in [5, 5.41) is 0. The molecule has 1 aromatic heterocycles. The Labute approximate surface area is 91.9 Å². The average Bonchev–Trinajstić information content (AvgIpc) is 2.17. The maximum absolute atomic E-state index is 5.85. The average molecular weight is 207 g/mol. The number of nitrogens with zero attached hydrogens (tertiary/aromatic N) is 1. The number of aromatic nitrogens is 1. The molecule has 4 N–H and O–H groups in total. The van der Waals surface area contributed by atoms with Crippen LogP contribution in [0.2, 0.25) is 0 Å². The Balaban J connectivity index is 2.72. The zero-order valence-electron chi connectivity index (χ0n) is 9.56. The van der Waals surface area contributed by atoms with Gasteiger partial charge in [-0.3, -0.25) is 4.98 Å². The molecule has 1 rings (SSSR count). The second kappa shape index (κ2) is 5.83. The molecule has 0 aliphatic heterocycles. The van der Waals surface area contributed by atoms with Gasteiger partial charge in [0.05, 0.1) is 0 Å². The minimum absolute atomic E-state index is 0.210. The van der Waals surface area contributed by atoms with Crippen molar-refractivity contribution in [2.75, 3.05) is 0 Å². The van der Waals surface area contributed by atoms with Crippen molar-refractivity contribution >= 4 is 0 Å². The van der Waals surface area contributed by atoms with Gasteiger partial charge in [-0.2, -0.15) is 0 Å². The van der Waals surface area contributed by atoms with Gasteiger partial charge in [0.25, 0.3) is 0 Å². The molecule has 1 heterocycles. The van der Waals surface area contributed by atoms with Gasteiger partial charge in [-0.25, -0.2) is 0 Å². The van der Waals surface area contributed by atoms with Crippen LogP contribution in [0.25, 0.3) is 0 Å².